The number of halogens is 1. The molecule has 0 amide bonds. The number of benzene rings is 1. The number of aryl methyl sites for hydroxylation is 1. The smallest absolute Gasteiger partial charge is 0.355 e. The van der Waals surface area contributed by atoms with Crippen molar-refractivity contribution in [2.24, 2.45) is 0 Å². The van der Waals surface area contributed by atoms with Gasteiger partial charge in [-0.05, 0) is 30.5 Å². The molecular weight excluding hydrogens is 197 g/mol. The second-order valence-corrected chi connectivity index (χ2v) is 3.28. The zero-order valence-corrected chi connectivity index (χ0v) is 7.99. The van der Waals surface area contributed by atoms with Gasteiger partial charge in [0.1, 0.15) is 5.82 Å². The fourth-order valence-electron chi connectivity index (χ4n) is 1.52. The number of nitrogens with zero attached hydrogens (tertiary/aromatic N) is 1. The second kappa shape index (κ2) is 3.31. The summed E-state index contributed by atoms with van der Waals surface area (Å²) in [6.07, 6.45) is 0. The number of hydrogen-bond acceptors (Lipinski definition) is 2. The van der Waals surface area contributed by atoms with E-state index in [-0.39, 0.29) is 5.69 Å². The zero-order valence-electron chi connectivity index (χ0n) is 7.99. The third-order valence-corrected chi connectivity index (χ3v) is 2.13. The lowest BCUT2D eigenvalue weighted by molar-refractivity contribution is 0.0692. The topological polar surface area (TPSA) is 50.2 Å². The molecule has 0 unspecified atom stereocenters. The quantitative estimate of drug-likeness (QED) is 0.777. The average Bonchev–Trinajstić information content (AvgIpc) is 2.17. The summed E-state index contributed by atoms with van der Waals surface area (Å²) in [7, 11) is 0. The van der Waals surface area contributed by atoms with E-state index < -0.39 is 11.8 Å². The fraction of sp³-hybridized carbons (Fsp3) is 0.0909. The van der Waals surface area contributed by atoms with Crippen molar-refractivity contribution in [1.82, 2.24) is 4.98 Å². The molecule has 76 valence electrons. The van der Waals surface area contributed by atoms with E-state index in [0.717, 1.165) is 0 Å². The van der Waals surface area contributed by atoms with Crippen LogP contribution in [0.3, 0.4) is 0 Å². The Labute approximate surface area is 85.2 Å². The van der Waals surface area contributed by atoms with E-state index in [0.29, 0.717) is 16.5 Å². The van der Waals surface area contributed by atoms with Gasteiger partial charge in [0.15, 0.2) is 5.69 Å². The first-order valence-corrected chi connectivity index (χ1v) is 4.38. The number of aromatic carboxylic acids is 1. The molecule has 2 rings (SSSR count). The summed E-state index contributed by atoms with van der Waals surface area (Å²) in [5.41, 5.74) is 0.496. The number of carboxylic acids is 1. The van der Waals surface area contributed by atoms with Gasteiger partial charge >= 0.3 is 5.97 Å². The van der Waals surface area contributed by atoms with E-state index in [1.807, 2.05) is 0 Å². The summed E-state index contributed by atoms with van der Waals surface area (Å²) in [4.78, 5) is 14.8. The van der Waals surface area contributed by atoms with E-state index >= 15 is 0 Å². The predicted octanol–water partition coefficient (Wildman–Crippen LogP) is 2.38. The SMILES string of the molecule is Cc1cc2ccc(F)cc2c(C(=O)O)n1. The Morgan fingerprint density at radius 2 is 2.13 bits per heavy atom. The predicted molar refractivity (Wildman–Crippen MR) is 53.4 cm³/mol. The molecule has 15 heavy (non-hydrogen) atoms. The standard InChI is InChI=1S/C11H8FNO2/c1-6-4-7-2-3-8(12)5-9(7)10(13-6)11(14)15/h2-5H,1H3,(H,14,15). The largest absolute Gasteiger partial charge is 0.476 e. The number of aromatic nitrogens is 1. The molecule has 1 aromatic heterocycles. The minimum Gasteiger partial charge on any atom is -0.476 e. The molecule has 0 bridgehead atoms. The van der Waals surface area contributed by atoms with Crippen LogP contribution in [0.5, 0.6) is 0 Å². The van der Waals surface area contributed by atoms with Crippen LogP contribution in [0.25, 0.3) is 10.8 Å². The van der Waals surface area contributed by atoms with Crippen LogP contribution in [0.2, 0.25) is 0 Å². The third-order valence-electron chi connectivity index (χ3n) is 2.13. The van der Waals surface area contributed by atoms with Crippen molar-refractivity contribution in [3.05, 3.63) is 41.5 Å². The van der Waals surface area contributed by atoms with Gasteiger partial charge in [-0.1, -0.05) is 6.07 Å². The van der Waals surface area contributed by atoms with Crippen molar-refractivity contribution in [3.8, 4) is 0 Å². The minimum absolute atomic E-state index is 0.107. The number of rotatable bonds is 1. The highest BCUT2D eigenvalue weighted by Gasteiger charge is 2.11. The summed E-state index contributed by atoms with van der Waals surface area (Å²) in [5.74, 6) is -1.61. The van der Waals surface area contributed by atoms with E-state index in [1.54, 1.807) is 19.1 Å². The van der Waals surface area contributed by atoms with E-state index in [1.165, 1.54) is 12.1 Å². The Balaban J connectivity index is 2.87. The van der Waals surface area contributed by atoms with E-state index in [9.17, 15) is 9.18 Å². The maximum absolute atomic E-state index is 13.0. The molecule has 4 heteroatoms. The normalized spacial score (nSPS) is 10.5. The Bertz CT molecular complexity index is 552. The molecule has 2 aromatic rings. The van der Waals surface area contributed by atoms with Gasteiger partial charge in [0.25, 0.3) is 0 Å². The van der Waals surface area contributed by atoms with Crippen LogP contribution >= 0.6 is 0 Å². The van der Waals surface area contributed by atoms with Crippen LogP contribution in [-0.4, -0.2) is 16.1 Å². The maximum atomic E-state index is 13.0. The van der Waals surface area contributed by atoms with Crippen LogP contribution < -0.4 is 0 Å². The van der Waals surface area contributed by atoms with Gasteiger partial charge in [-0.3, -0.25) is 0 Å². The Hall–Kier alpha value is -1.97. The van der Waals surface area contributed by atoms with Crippen molar-refractivity contribution in [1.29, 1.82) is 0 Å². The van der Waals surface area contributed by atoms with Crippen molar-refractivity contribution in [3.63, 3.8) is 0 Å². The lowest BCUT2D eigenvalue weighted by Crippen LogP contribution is -2.02. The van der Waals surface area contributed by atoms with Crippen LogP contribution in [0.4, 0.5) is 4.39 Å². The lowest BCUT2D eigenvalue weighted by atomic mass is 10.1. The number of hydrogen-bond donors (Lipinski definition) is 1. The van der Waals surface area contributed by atoms with Gasteiger partial charge in [0.2, 0.25) is 0 Å². The lowest BCUT2D eigenvalue weighted by Gasteiger charge is -2.03. The van der Waals surface area contributed by atoms with Crippen molar-refractivity contribution in [2.75, 3.05) is 0 Å². The van der Waals surface area contributed by atoms with Crippen LogP contribution in [0.15, 0.2) is 24.3 Å². The highest BCUT2D eigenvalue weighted by atomic mass is 19.1. The summed E-state index contributed by atoms with van der Waals surface area (Å²) >= 11 is 0. The molecule has 3 nitrogen and oxygen atoms in total. The van der Waals surface area contributed by atoms with Crippen molar-refractivity contribution < 1.29 is 14.3 Å². The number of carboxylic acid groups (broad SMARTS) is 1. The summed E-state index contributed by atoms with van der Waals surface area (Å²) < 4.78 is 13.0. The molecular formula is C11H8FNO2. The van der Waals surface area contributed by atoms with Gasteiger partial charge < -0.3 is 5.11 Å². The molecule has 0 fully saturated rings. The molecule has 0 saturated heterocycles. The Kier molecular flexibility index (Phi) is 2.11. The summed E-state index contributed by atoms with van der Waals surface area (Å²) in [6, 6.07) is 5.76. The van der Waals surface area contributed by atoms with Gasteiger partial charge in [-0.15, -0.1) is 0 Å². The Morgan fingerprint density at radius 3 is 2.80 bits per heavy atom. The first-order chi connectivity index (χ1) is 7.08. The monoisotopic (exact) mass is 205 g/mol. The fourth-order valence-corrected chi connectivity index (χ4v) is 1.52. The van der Waals surface area contributed by atoms with E-state index in [2.05, 4.69) is 4.98 Å². The number of pyridine rings is 1. The Morgan fingerprint density at radius 1 is 1.40 bits per heavy atom. The molecule has 0 atom stereocenters. The minimum atomic E-state index is -1.14. The van der Waals surface area contributed by atoms with Crippen LogP contribution in [0.1, 0.15) is 16.2 Å². The molecule has 0 spiro atoms. The average molecular weight is 205 g/mol. The summed E-state index contributed by atoms with van der Waals surface area (Å²) in [6.45, 7) is 1.70. The van der Waals surface area contributed by atoms with Gasteiger partial charge in [-0.2, -0.15) is 0 Å². The summed E-state index contributed by atoms with van der Waals surface area (Å²) in [5, 5.41) is 9.92. The van der Waals surface area contributed by atoms with Gasteiger partial charge in [-0.25, -0.2) is 14.2 Å². The molecule has 0 aliphatic rings. The molecule has 0 aliphatic heterocycles. The van der Waals surface area contributed by atoms with Crippen LogP contribution in [0, 0.1) is 12.7 Å². The zero-order chi connectivity index (χ0) is 11.0. The highest BCUT2D eigenvalue weighted by Crippen LogP contribution is 2.19. The van der Waals surface area contributed by atoms with E-state index in [4.69, 9.17) is 5.11 Å². The third kappa shape index (κ3) is 1.66. The first-order valence-electron chi connectivity index (χ1n) is 4.38. The first kappa shape index (κ1) is 9.58. The van der Waals surface area contributed by atoms with Crippen LogP contribution in [-0.2, 0) is 0 Å². The van der Waals surface area contributed by atoms with Crippen molar-refractivity contribution >= 4 is 16.7 Å². The number of carbonyl (C=O) groups is 1. The van der Waals surface area contributed by atoms with Gasteiger partial charge in [0.05, 0.1) is 0 Å². The molecule has 0 aliphatic carbocycles. The molecule has 1 aromatic carbocycles. The maximum Gasteiger partial charge on any atom is 0.355 e. The molecule has 1 heterocycles. The second-order valence-electron chi connectivity index (χ2n) is 3.28. The molecule has 0 radical (unpaired) electrons. The highest BCUT2D eigenvalue weighted by molar-refractivity contribution is 6.01. The van der Waals surface area contributed by atoms with Crippen molar-refractivity contribution in [2.45, 2.75) is 6.92 Å². The molecule has 1 N–H and O–H groups in total. The molecule has 0 saturated carbocycles. The number of fused-ring (bicyclic) bond motifs is 1. The van der Waals surface area contributed by atoms with Gasteiger partial charge in [0, 0.05) is 11.1 Å².